The van der Waals surface area contributed by atoms with Gasteiger partial charge in [-0.3, -0.25) is 9.78 Å². The molecule has 7 nitrogen and oxygen atoms in total. The monoisotopic (exact) mass is 591 g/mol. The van der Waals surface area contributed by atoms with E-state index in [1.807, 2.05) is 13.0 Å². The average Bonchev–Trinajstić information content (AvgIpc) is 3.87. The number of halogens is 3. The van der Waals surface area contributed by atoms with Gasteiger partial charge in [0.2, 0.25) is 0 Å². The number of fused-ring (bicyclic) bond motifs is 1. The van der Waals surface area contributed by atoms with Crippen LogP contribution in [0.4, 0.5) is 13.2 Å². The van der Waals surface area contributed by atoms with Crippen molar-refractivity contribution in [2.75, 3.05) is 6.54 Å². The fourth-order valence-corrected chi connectivity index (χ4v) is 5.27. The number of benzene rings is 2. The summed E-state index contributed by atoms with van der Waals surface area (Å²) in [4.78, 5) is 22.4. The fourth-order valence-electron chi connectivity index (χ4n) is 5.27. The molecular formula is C33H32F3N3O4. The van der Waals surface area contributed by atoms with Crippen molar-refractivity contribution < 1.29 is 32.9 Å². The number of aliphatic hydroxyl groups is 2. The Balaban J connectivity index is 1.36. The Bertz CT molecular complexity index is 1750. The fraction of sp³-hybridized carbons (Fsp3) is 0.364. The highest BCUT2D eigenvalue weighted by Gasteiger charge is 2.47. The predicted octanol–water partition coefficient (Wildman–Crippen LogP) is 5.82. The molecule has 0 radical (unpaired) electrons. The van der Waals surface area contributed by atoms with Crippen LogP contribution in [0.3, 0.4) is 0 Å². The maximum atomic E-state index is 15.7. The molecule has 3 N–H and O–H groups in total. The average molecular weight is 592 g/mol. The summed E-state index contributed by atoms with van der Waals surface area (Å²) >= 11 is 0. The number of hydrogen-bond acceptors (Lipinski definition) is 6. The number of carbonyl (C=O) groups excluding carboxylic acids is 1. The van der Waals surface area contributed by atoms with E-state index in [-0.39, 0.29) is 41.1 Å². The van der Waals surface area contributed by atoms with Gasteiger partial charge >= 0.3 is 0 Å². The Labute approximate surface area is 246 Å². The number of rotatable bonds is 9. The number of amides is 1. The number of hydrogen-bond donors (Lipinski definition) is 3. The van der Waals surface area contributed by atoms with Gasteiger partial charge in [-0.15, -0.1) is 0 Å². The number of nitrogens with zero attached hydrogens (tertiary/aromatic N) is 2. The summed E-state index contributed by atoms with van der Waals surface area (Å²) in [6.45, 7) is 4.39. The molecule has 1 atom stereocenters. The van der Waals surface area contributed by atoms with E-state index >= 15 is 4.39 Å². The number of aromatic nitrogens is 2. The van der Waals surface area contributed by atoms with Crippen LogP contribution in [0.15, 0.2) is 48.7 Å². The Hall–Kier alpha value is -4.02. The largest absolute Gasteiger partial charge is 0.488 e. The quantitative estimate of drug-likeness (QED) is 0.227. The van der Waals surface area contributed by atoms with Crippen molar-refractivity contribution in [3.05, 3.63) is 88.5 Å². The molecule has 0 aliphatic heterocycles. The smallest absolute Gasteiger partial charge is 0.251 e. The van der Waals surface area contributed by atoms with Crippen LogP contribution in [0, 0.1) is 30.3 Å². The van der Waals surface area contributed by atoms with Gasteiger partial charge in [0.05, 0.1) is 23.9 Å². The van der Waals surface area contributed by atoms with Gasteiger partial charge in [0.25, 0.3) is 5.91 Å². The van der Waals surface area contributed by atoms with E-state index in [0.29, 0.717) is 29.7 Å². The number of pyridine rings is 2. The third-order valence-corrected chi connectivity index (χ3v) is 7.99. The van der Waals surface area contributed by atoms with Crippen LogP contribution in [0.25, 0.3) is 22.2 Å². The van der Waals surface area contributed by atoms with E-state index in [1.165, 1.54) is 26.0 Å². The van der Waals surface area contributed by atoms with Gasteiger partial charge in [-0.25, -0.2) is 18.2 Å². The maximum Gasteiger partial charge on any atom is 0.251 e. The molecule has 2 heterocycles. The molecule has 2 saturated carbocycles. The minimum Gasteiger partial charge on any atom is -0.488 e. The highest BCUT2D eigenvalue weighted by Crippen LogP contribution is 2.46. The minimum absolute atomic E-state index is 0.00431. The van der Waals surface area contributed by atoms with Gasteiger partial charge in [0.1, 0.15) is 22.6 Å². The lowest BCUT2D eigenvalue weighted by Gasteiger charge is -2.31. The van der Waals surface area contributed by atoms with E-state index < -0.39 is 34.6 Å². The lowest BCUT2D eigenvalue weighted by atomic mass is 9.87. The SMILES string of the molecule is Cc1cnc2c(OC3CC3)cc(C(=O)NC[C@](O)(c3cc(C(C)(C)O)c(F)c(-c4ccc(F)c(F)c4)n3)C3CC3)cc2c1. The molecule has 4 aromatic rings. The summed E-state index contributed by atoms with van der Waals surface area (Å²) < 4.78 is 49.5. The molecule has 43 heavy (non-hydrogen) atoms. The molecule has 0 spiro atoms. The molecular weight excluding hydrogens is 559 g/mol. The first-order valence-corrected chi connectivity index (χ1v) is 14.3. The Morgan fingerprint density at radius 3 is 2.42 bits per heavy atom. The van der Waals surface area contributed by atoms with Crippen LogP contribution in [0.1, 0.15) is 66.7 Å². The second-order valence-electron chi connectivity index (χ2n) is 12.2. The highest BCUT2D eigenvalue weighted by molar-refractivity contribution is 6.00. The van der Waals surface area contributed by atoms with Crippen molar-refractivity contribution in [2.24, 2.45) is 5.92 Å². The summed E-state index contributed by atoms with van der Waals surface area (Å²) in [6, 6.07) is 9.39. The molecule has 2 aliphatic rings. The molecule has 2 aromatic carbocycles. The molecule has 0 saturated heterocycles. The van der Waals surface area contributed by atoms with E-state index in [9.17, 15) is 23.8 Å². The molecule has 6 rings (SSSR count). The second kappa shape index (κ2) is 10.6. The summed E-state index contributed by atoms with van der Waals surface area (Å²) in [5.41, 5.74) is -2.12. The van der Waals surface area contributed by atoms with Crippen LogP contribution < -0.4 is 10.1 Å². The Morgan fingerprint density at radius 2 is 1.77 bits per heavy atom. The maximum absolute atomic E-state index is 15.7. The molecule has 2 aliphatic carbocycles. The molecule has 2 aromatic heterocycles. The third-order valence-electron chi connectivity index (χ3n) is 7.99. The second-order valence-corrected chi connectivity index (χ2v) is 12.2. The molecule has 224 valence electrons. The van der Waals surface area contributed by atoms with Gasteiger partial charge in [-0.1, -0.05) is 0 Å². The summed E-state index contributed by atoms with van der Waals surface area (Å²) in [6.07, 6.45) is 4.95. The number of aryl methyl sites for hydroxylation is 1. The van der Waals surface area contributed by atoms with Crippen LogP contribution in [-0.2, 0) is 11.2 Å². The predicted molar refractivity (Wildman–Crippen MR) is 154 cm³/mol. The summed E-state index contributed by atoms with van der Waals surface area (Å²) in [5.74, 6) is -3.49. The van der Waals surface area contributed by atoms with E-state index in [0.717, 1.165) is 35.9 Å². The molecule has 2 fully saturated rings. The zero-order valence-electron chi connectivity index (χ0n) is 24.0. The molecule has 10 heteroatoms. The van der Waals surface area contributed by atoms with Crippen molar-refractivity contribution in [1.29, 1.82) is 0 Å². The van der Waals surface area contributed by atoms with Crippen LogP contribution >= 0.6 is 0 Å². The molecule has 1 amide bonds. The first-order valence-electron chi connectivity index (χ1n) is 14.3. The van der Waals surface area contributed by atoms with E-state index in [2.05, 4.69) is 15.3 Å². The van der Waals surface area contributed by atoms with Gasteiger partial charge in [-0.2, -0.15) is 0 Å². The molecule has 0 bridgehead atoms. The van der Waals surface area contributed by atoms with Crippen LogP contribution in [0.2, 0.25) is 0 Å². The summed E-state index contributed by atoms with van der Waals surface area (Å²) in [5, 5.41) is 26.3. The lowest BCUT2D eigenvalue weighted by Crippen LogP contribution is -2.43. The number of carbonyl (C=O) groups is 1. The van der Waals surface area contributed by atoms with Crippen LogP contribution in [0.5, 0.6) is 5.75 Å². The van der Waals surface area contributed by atoms with Gasteiger partial charge in [0, 0.05) is 28.3 Å². The van der Waals surface area contributed by atoms with E-state index in [1.54, 1.807) is 18.3 Å². The molecule has 0 unspecified atom stereocenters. The topological polar surface area (TPSA) is 105 Å². The van der Waals surface area contributed by atoms with Crippen LogP contribution in [-0.4, -0.2) is 38.7 Å². The lowest BCUT2D eigenvalue weighted by molar-refractivity contribution is 0.00864. The zero-order chi connectivity index (χ0) is 30.7. The van der Waals surface area contributed by atoms with Gasteiger partial charge in [0.15, 0.2) is 17.5 Å². The van der Waals surface area contributed by atoms with Crippen molar-refractivity contribution in [3.63, 3.8) is 0 Å². The highest BCUT2D eigenvalue weighted by atomic mass is 19.2. The first kappa shape index (κ1) is 29.1. The Morgan fingerprint density at radius 1 is 1.02 bits per heavy atom. The first-order chi connectivity index (χ1) is 20.3. The van der Waals surface area contributed by atoms with Crippen molar-refractivity contribution in [3.8, 4) is 17.0 Å². The normalized spacial score (nSPS) is 16.7. The van der Waals surface area contributed by atoms with Crippen molar-refractivity contribution in [2.45, 2.75) is 63.8 Å². The summed E-state index contributed by atoms with van der Waals surface area (Å²) in [7, 11) is 0. The zero-order valence-corrected chi connectivity index (χ0v) is 24.0. The minimum atomic E-state index is -1.74. The van der Waals surface area contributed by atoms with Crippen molar-refractivity contribution in [1.82, 2.24) is 15.3 Å². The standard InChI is InChI=1S/C33H32F3N3O4/c1-17-10-19-11-20(13-26(29(19)37-15-17)43-22-7-8-22)31(40)38-16-33(42,21-5-6-21)27-14-23(32(2,3)41)28(36)30(39-27)18-4-9-24(34)25(35)12-18/h4,9-15,21-22,41-42H,5-8,16H2,1-3H3,(H,38,40)/t33-/m1/s1. The Kier molecular flexibility index (Phi) is 7.17. The van der Waals surface area contributed by atoms with E-state index in [4.69, 9.17) is 4.74 Å². The van der Waals surface area contributed by atoms with Gasteiger partial charge in [-0.05, 0) is 100 Å². The number of ether oxygens (including phenoxy) is 1. The van der Waals surface area contributed by atoms with Gasteiger partial charge < -0.3 is 20.3 Å². The third kappa shape index (κ3) is 5.81. The van der Waals surface area contributed by atoms with Crippen molar-refractivity contribution >= 4 is 16.8 Å². The number of nitrogens with one attached hydrogen (secondary N) is 1.